The van der Waals surface area contributed by atoms with Crippen molar-refractivity contribution in [3.8, 4) is 10.8 Å². The van der Waals surface area contributed by atoms with Gasteiger partial charge in [0.2, 0.25) is 5.91 Å². The molecule has 0 bridgehead atoms. The fraction of sp³-hybridized carbons (Fsp3) is 0.625. The van der Waals surface area contributed by atoms with Crippen LogP contribution >= 0.6 is 11.3 Å². The van der Waals surface area contributed by atoms with Gasteiger partial charge in [0, 0.05) is 18.5 Å². The van der Waals surface area contributed by atoms with E-state index in [0.717, 1.165) is 23.5 Å². The Bertz CT molecular complexity index is 616. The van der Waals surface area contributed by atoms with Crippen molar-refractivity contribution in [2.24, 2.45) is 0 Å². The monoisotopic (exact) mass is 333 g/mol. The van der Waals surface area contributed by atoms with Crippen molar-refractivity contribution < 1.29 is 4.79 Å². The number of aromatic amines is 1. The van der Waals surface area contributed by atoms with E-state index in [1.54, 1.807) is 0 Å². The molecule has 0 radical (unpaired) electrons. The topological polar surface area (TPSA) is 74.8 Å². The first-order chi connectivity index (χ1) is 11.2. The molecule has 2 heterocycles. The summed E-state index contributed by atoms with van der Waals surface area (Å²) in [6, 6.07) is 0.384. The Morgan fingerprint density at radius 1 is 1.30 bits per heavy atom. The van der Waals surface area contributed by atoms with Crippen LogP contribution in [0.5, 0.6) is 0 Å². The summed E-state index contributed by atoms with van der Waals surface area (Å²) in [6.07, 6.45) is 10.5. The number of thiazole rings is 1. The van der Waals surface area contributed by atoms with Gasteiger partial charge < -0.3 is 4.90 Å². The lowest BCUT2D eigenvalue weighted by Gasteiger charge is -2.29. The molecular formula is C16H23N5OS. The Kier molecular flexibility index (Phi) is 5.38. The Morgan fingerprint density at radius 3 is 2.74 bits per heavy atom. The summed E-state index contributed by atoms with van der Waals surface area (Å²) in [5.41, 5.74) is 0.809. The summed E-state index contributed by atoms with van der Waals surface area (Å²) in [5.74, 6) is 0.812. The second kappa shape index (κ2) is 7.68. The molecule has 6 nitrogen and oxygen atoms in total. The lowest BCUT2D eigenvalue weighted by Crippen LogP contribution is -2.38. The largest absolute Gasteiger partial charge is 0.342 e. The summed E-state index contributed by atoms with van der Waals surface area (Å²) in [6.45, 7) is 0. The number of carbonyl (C=O) groups is 1. The van der Waals surface area contributed by atoms with E-state index in [2.05, 4.69) is 20.2 Å². The minimum atomic E-state index is 0.157. The number of hydrogen-bond donors (Lipinski definition) is 1. The predicted molar refractivity (Wildman–Crippen MR) is 90.1 cm³/mol. The molecule has 0 spiro atoms. The second-order valence-corrected chi connectivity index (χ2v) is 7.02. The molecule has 3 rings (SSSR count). The Hall–Kier alpha value is -1.76. The summed E-state index contributed by atoms with van der Waals surface area (Å²) >= 11 is 1.49. The van der Waals surface area contributed by atoms with Crippen molar-refractivity contribution in [3.63, 3.8) is 0 Å². The van der Waals surface area contributed by atoms with E-state index >= 15 is 0 Å². The minimum Gasteiger partial charge on any atom is -0.342 e. The normalized spacial score (nSPS) is 16.7. The van der Waals surface area contributed by atoms with Gasteiger partial charge in [-0.3, -0.25) is 9.89 Å². The summed E-state index contributed by atoms with van der Waals surface area (Å²) < 4.78 is 0. The van der Waals surface area contributed by atoms with Crippen LogP contribution in [-0.4, -0.2) is 44.1 Å². The first-order valence-electron chi connectivity index (χ1n) is 8.30. The molecule has 1 N–H and O–H groups in total. The SMILES string of the molecule is CN(C(=O)Cc1csc(-c2ncn[nH]2)n1)C1CCCCCCC1. The number of rotatable bonds is 4. The molecule has 0 aromatic carbocycles. The third-order valence-corrected chi connectivity index (χ3v) is 5.42. The second-order valence-electron chi connectivity index (χ2n) is 6.16. The predicted octanol–water partition coefficient (Wildman–Crippen LogP) is 3.04. The van der Waals surface area contributed by atoms with Gasteiger partial charge in [-0.2, -0.15) is 5.10 Å². The minimum absolute atomic E-state index is 0.157. The molecule has 124 valence electrons. The first-order valence-corrected chi connectivity index (χ1v) is 9.18. The molecule has 0 aliphatic heterocycles. The standard InChI is InChI=1S/C16H23N5OS/c1-21(13-7-5-3-2-4-6-8-13)14(22)9-12-10-23-16(19-12)15-17-11-18-20-15/h10-11,13H,2-9H2,1H3,(H,17,18,20). The average Bonchev–Trinajstić information content (AvgIpc) is 3.16. The lowest BCUT2D eigenvalue weighted by atomic mass is 9.95. The Balaban J connectivity index is 1.59. The number of likely N-dealkylation sites (N-methyl/N-ethyl adjacent to an activating group) is 1. The fourth-order valence-electron chi connectivity index (χ4n) is 3.11. The highest BCUT2D eigenvalue weighted by Crippen LogP contribution is 2.23. The van der Waals surface area contributed by atoms with Crippen LogP contribution in [0.3, 0.4) is 0 Å². The van der Waals surface area contributed by atoms with Crippen LogP contribution in [0.4, 0.5) is 0 Å². The van der Waals surface area contributed by atoms with Crippen LogP contribution in [-0.2, 0) is 11.2 Å². The molecule has 2 aromatic rings. The first kappa shape index (κ1) is 16.1. The third-order valence-electron chi connectivity index (χ3n) is 4.52. The van der Waals surface area contributed by atoms with Crippen LogP contribution in [0.2, 0.25) is 0 Å². The maximum atomic E-state index is 12.6. The van der Waals surface area contributed by atoms with Crippen molar-refractivity contribution in [3.05, 3.63) is 17.4 Å². The molecule has 1 fully saturated rings. The maximum Gasteiger partial charge on any atom is 0.228 e. The molecule has 7 heteroatoms. The van der Waals surface area contributed by atoms with Crippen molar-refractivity contribution >= 4 is 17.2 Å². The van der Waals surface area contributed by atoms with Gasteiger partial charge in [-0.05, 0) is 12.8 Å². The molecule has 1 saturated carbocycles. The summed E-state index contributed by atoms with van der Waals surface area (Å²) in [4.78, 5) is 23.1. The van der Waals surface area contributed by atoms with Crippen LogP contribution in [0.25, 0.3) is 10.8 Å². The third kappa shape index (κ3) is 4.16. The Morgan fingerprint density at radius 2 is 2.04 bits per heavy atom. The summed E-state index contributed by atoms with van der Waals surface area (Å²) in [7, 11) is 1.94. The van der Waals surface area contributed by atoms with Crippen LogP contribution in [0.15, 0.2) is 11.7 Å². The van der Waals surface area contributed by atoms with Crippen LogP contribution in [0.1, 0.15) is 50.6 Å². The number of nitrogens with one attached hydrogen (secondary N) is 1. The van der Waals surface area contributed by atoms with Gasteiger partial charge in [-0.25, -0.2) is 9.97 Å². The van der Waals surface area contributed by atoms with Crippen molar-refractivity contribution in [2.45, 2.75) is 57.4 Å². The number of aromatic nitrogens is 4. The van der Waals surface area contributed by atoms with Gasteiger partial charge >= 0.3 is 0 Å². The quantitative estimate of drug-likeness (QED) is 0.933. The smallest absolute Gasteiger partial charge is 0.228 e. The highest BCUT2D eigenvalue weighted by molar-refractivity contribution is 7.13. The van der Waals surface area contributed by atoms with Gasteiger partial charge in [-0.1, -0.05) is 32.1 Å². The van der Waals surface area contributed by atoms with Crippen LogP contribution < -0.4 is 0 Å². The van der Waals surface area contributed by atoms with Gasteiger partial charge in [0.25, 0.3) is 0 Å². The average molecular weight is 333 g/mol. The van der Waals surface area contributed by atoms with Crippen LogP contribution in [0, 0.1) is 0 Å². The van der Waals surface area contributed by atoms with E-state index in [-0.39, 0.29) is 5.91 Å². The van der Waals surface area contributed by atoms with Gasteiger partial charge in [0.05, 0.1) is 12.1 Å². The molecule has 1 amide bonds. The molecule has 23 heavy (non-hydrogen) atoms. The number of carbonyl (C=O) groups excluding carboxylic acids is 1. The van der Waals surface area contributed by atoms with E-state index in [1.165, 1.54) is 49.8 Å². The highest BCUT2D eigenvalue weighted by Gasteiger charge is 2.21. The number of H-pyrrole nitrogens is 1. The summed E-state index contributed by atoms with van der Waals surface area (Å²) in [5, 5.41) is 9.34. The zero-order chi connectivity index (χ0) is 16.1. The van der Waals surface area contributed by atoms with Crippen molar-refractivity contribution in [2.75, 3.05) is 7.05 Å². The fourth-order valence-corrected chi connectivity index (χ4v) is 3.87. The zero-order valence-corrected chi connectivity index (χ0v) is 14.3. The highest BCUT2D eigenvalue weighted by atomic mass is 32.1. The molecule has 0 saturated heterocycles. The van der Waals surface area contributed by atoms with E-state index < -0.39 is 0 Å². The van der Waals surface area contributed by atoms with E-state index in [9.17, 15) is 4.79 Å². The Labute approximate surface area is 140 Å². The van der Waals surface area contributed by atoms with E-state index in [4.69, 9.17) is 0 Å². The number of hydrogen-bond acceptors (Lipinski definition) is 5. The molecule has 0 unspecified atom stereocenters. The molecular weight excluding hydrogens is 310 g/mol. The number of nitrogens with zero attached hydrogens (tertiary/aromatic N) is 4. The molecule has 2 aromatic heterocycles. The molecule has 0 atom stereocenters. The zero-order valence-electron chi connectivity index (χ0n) is 13.5. The van der Waals surface area contributed by atoms with Gasteiger partial charge in [0.1, 0.15) is 6.33 Å². The maximum absolute atomic E-state index is 12.6. The van der Waals surface area contributed by atoms with Crippen molar-refractivity contribution in [1.82, 2.24) is 25.1 Å². The van der Waals surface area contributed by atoms with E-state index in [0.29, 0.717) is 18.3 Å². The van der Waals surface area contributed by atoms with Crippen molar-refractivity contribution in [1.29, 1.82) is 0 Å². The van der Waals surface area contributed by atoms with Gasteiger partial charge in [-0.15, -0.1) is 11.3 Å². The number of amides is 1. The molecule has 1 aliphatic rings. The lowest BCUT2D eigenvalue weighted by molar-refractivity contribution is -0.131. The van der Waals surface area contributed by atoms with E-state index in [1.807, 2.05) is 17.3 Å². The molecule has 1 aliphatic carbocycles. The van der Waals surface area contributed by atoms with Gasteiger partial charge in [0.15, 0.2) is 10.8 Å².